The summed E-state index contributed by atoms with van der Waals surface area (Å²) in [4.78, 5) is 10.2. The van der Waals surface area contributed by atoms with Gasteiger partial charge in [-0.2, -0.15) is 0 Å². The first-order valence-electron chi connectivity index (χ1n) is 24.8. The number of pyridine rings is 1. The SMILES string of the molecule is [2H]C(C)(C)c1cc(-c2ccccc2)cc(-n2c(-c3cc(C)cc(C)c3O)nc3c(-c4[c-]c(-c5cc(-c6ccc(C(C([2H])([2H])[2H])(C([2H])([2H])[2H])C([2H])([2H])[2H])cc6)ccn5)cc(C(C)(C)C)c4)cccc32)c1.[Pt]. The van der Waals surface area contributed by atoms with E-state index in [1.54, 1.807) is 24.4 Å². The molecule has 0 saturated heterocycles. The van der Waals surface area contributed by atoms with Crippen molar-refractivity contribution in [3.63, 3.8) is 0 Å². The minimum atomic E-state index is -3.37. The van der Waals surface area contributed by atoms with E-state index in [2.05, 4.69) is 49.6 Å². The molecule has 2 heterocycles. The standard InChI is InChI=1S/C55H54N3O.Pt/c1-34(2)40-27-41(37-15-12-11-13-16-37)32-46(31-40)58-50-18-14-17-47(51(50)57-53(58)48-26-35(3)25-36(4)52(48)59)42-28-43(30-45(29-42)55(8,9)10)49-33-39(23-24-56-49)38-19-21-44(22-20-38)54(5,6)7;/h11-27,29-34,59H,1-10H3;/q-1;/i5D3,6D3,7D3,34D;. The molecule has 2 aromatic heterocycles. The molecule has 0 atom stereocenters. The Morgan fingerprint density at radius 3 is 2.10 bits per heavy atom. The van der Waals surface area contributed by atoms with E-state index in [-0.39, 0.29) is 37.8 Å². The van der Waals surface area contributed by atoms with Gasteiger partial charge in [0.1, 0.15) is 11.6 Å². The second-order valence-electron chi connectivity index (χ2n) is 16.8. The molecular formula is C55H54N3OPt-. The van der Waals surface area contributed by atoms with Crippen LogP contribution in [0.25, 0.3) is 72.7 Å². The molecule has 6 aromatic carbocycles. The minimum Gasteiger partial charge on any atom is -0.507 e. The van der Waals surface area contributed by atoms with Crippen LogP contribution >= 0.6 is 0 Å². The number of phenolic OH excluding ortho intramolecular Hbond substituents is 1. The van der Waals surface area contributed by atoms with Gasteiger partial charge in [0.05, 0.1) is 16.6 Å². The predicted molar refractivity (Wildman–Crippen MR) is 248 cm³/mol. The third kappa shape index (κ3) is 8.41. The molecule has 306 valence electrons. The van der Waals surface area contributed by atoms with E-state index in [1.807, 2.05) is 107 Å². The van der Waals surface area contributed by atoms with Crippen LogP contribution in [0, 0.1) is 19.9 Å². The van der Waals surface area contributed by atoms with Crippen molar-refractivity contribution in [3.8, 4) is 67.5 Å². The van der Waals surface area contributed by atoms with E-state index < -0.39 is 31.9 Å². The van der Waals surface area contributed by atoms with Gasteiger partial charge in [-0.15, -0.1) is 29.3 Å². The van der Waals surface area contributed by atoms with E-state index in [0.717, 1.165) is 50.1 Å². The van der Waals surface area contributed by atoms with Crippen molar-refractivity contribution in [2.45, 2.75) is 85.7 Å². The Bertz CT molecular complexity index is 3200. The molecule has 0 aliphatic carbocycles. The maximum Gasteiger partial charge on any atom is 0.148 e. The van der Waals surface area contributed by atoms with Gasteiger partial charge >= 0.3 is 0 Å². The molecule has 4 nitrogen and oxygen atoms in total. The molecule has 0 aliphatic heterocycles. The maximum absolute atomic E-state index is 11.7. The third-order valence-corrected chi connectivity index (χ3v) is 10.9. The van der Waals surface area contributed by atoms with Crippen LogP contribution < -0.4 is 0 Å². The van der Waals surface area contributed by atoms with Gasteiger partial charge in [0.2, 0.25) is 0 Å². The van der Waals surface area contributed by atoms with E-state index in [1.165, 1.54) is 12.1 Å². The van der Waals surface area contributed by atoms with Gasteiger partial charge in [-0.3, -0.25) is 9.55 Å². The van der Waals surface area contributed by atoms with Crippen molar-refractivity contribution in [2.24, 2.45) is 0 Å². The van der Waals surface area contributed by atoms with Crippen LogP contribution in [0.2, 0.25) is 0 Å². The zero-order chi connectivity index (χ0) is 50.2. The number of benzene rings is 6. The zero-order valence-electron chi connectivity index (χ0n) is 44.8. The number of hydrogen-bond acceptors (Lipinski definition) is 3. The minimum absolute atomic E-state index is 0. The summed E-state index contributed by atoms with van der Waals surface area (Å²) in [6.45, 7) is 3.86. The largest absolute Gasteiger partial charge is 0.507 e. The van der Waals surface area contributed by atoms with Crippen LogP contribution in [-0.4, -0.2) is 19.6 Å². The zero-order valence-corrected chi connectivity index (χ0v) is 37.1. The first kappa shape index (κ1) is 31.3. The predicted octanol–water partition coefficient (Wildman–Crippen LogP) is 14.6. The smallest absolute Gasteiger partial charge is 0.148 e. The van der Waals surface area contributed by atoms with Gasteiger partial charge in [-0.05, 0) is 105 Å². The second-order valence-corrected chi connectivity index (χ2v) is 16.8. The number of nitrogens with zero attached hydrogens (tertiary/aromatic N) is 3. The van der Waals surface area contributed by atoms with Gasteiger partial charge in [0, 0.05) is 52.4 Å². The van der Waals surface area contributed by atoms with Gasteiger partial charge in [-0.25, -0.2) is 4.98 Å². The van der Waals surface area contributed by atoms with Gasteiger partial charge in [0.15, 0.2) is 0 Å². The maximum atomic E-state index is 11.7. The summed E-state index contributed by atoms with van der Waals surface area (Å²) in [7, 11) is 0. The molecule has 0 unspecified atom stereocenters. The fourth-order valence-electron chi connectivity index (χ4n) is 7.67. The first-order valence-corrected chi connectivity index (χ1v) is 19.8. The number of fused-ring (bicyclic) bond motifs is 1. The Kier molecular flexibility index (Phi) is 8.60. The summed E-state index contributed by atoms with van der Waals surface area (Å²) in [5.41, 5.74) is 8.52. The summed E-state index contributed by atoms with van der Waals surface area (Å²) >= 11 is 0. The fourth-order valence-corrected chi connectivity index (χ4v) is 7.67. The van der Waals surface area contributed by atoms with Gasteiger partial charge < -0.3 is 5.11 Å². The number of hydrogen-bond donors (Lipinski definition) is 1. The fraction of sp³-hybridized carbons (Fsp3) is 0.236. The van der Waals surface area contributed by atoms with Crippen LogP contribution in [-0.2, 0) is 31.9 Å². The number of aromatic hydroxyl groups is 1. The molecule has 8 rings (SSSR count). The monoisotopic (exact) mass is 977 g/mol. The summed E-state index contributed by atoms with van der Waals surface area (Å²) < 4.78 is 84.8. The Labute approximate surface area is 384 Å². The number of aryl methyl sites for hydroxylation is 2. The Morgan fingerprint density at radius 1 is 0.683 bits per heavy atom. The molecule has 0 aliphatic rings. The van der Waals surface area contributed by atoms with Crippen molar-refractivity contribution in [3.05, 3.63) is 167 Å². The first-order chi connectivity index (χ1) is 32.1. The normalized spacial score (nSPS) is 15.2. The second kappa shape index (κ2) is 16.5. The van der Waals surface area contributed by atoms with E-state index >= 15 is 0 Å². The quantitative estimate of drug-likeness (QED) is 0.162. The number of aromatic nitrogens is 3. The molecule has 1 N–H and O–H groups in total. The molecule has 0 saturated carbocycles. The van der Waals surface area contributed by atoms with Gasteiger partial charge in [0.25, 0.3) is 0 Å². The molecule has 0 amide bonds. The van der Waals surface area contributed by atoms with Crippen molar-refractivity contribution in [2.75, 3.05) is 0 Å². The van der Waals surface area contributed by atoms with Crippen molar-refractivity contribution in [1.82, 2.24) is 14.5 Å². The Morgan fingerprint density at radius 2 is 1.40 bits per heavy atom. The van der Waals surface area contributed by atoms with Gasteiger partial charge in [-0.1, -0.05) is 151 Å². The van der Waals surface area contributed by atoms with Crippen LogP contribution in [0.15, 0.2) is 134 Å². The summed E-state index contributed by atoms with van der Waals surface area (Å²) in [5, 5.41) is 11.7. The van der Waals surface area contributed by atoms with E-state index in [9.17, 15) is 5.11 Å². The topological polar surface area (TPSA) is 50.9 Å². The molecule has 60 heavy (non-hydrogen) atoms. The Balaban J connectivity index is 0.00000722. The summed E-state index contributed by atoms with van der Waals surface area (Å²) in [5.74, 6) is -0.293. The van der Waals surface area contributed by atoms with Crippen LogP contribution in [0.4, 0.5) is 0 Å². The number of imidazole rings is 1. The van der Waals surface area contributed by atoms with Crippen LogP contribution in [0.5, 0.6) is 5.75 Å². The molecule has 0 spiro atoms. The third-order valence-electron chi connectivity index (χ3n) is 10.9. The average Bonchev–Trinajstić information content (AvgIpc) is 3.66. The van der Waals surface area contributed by atoms with E-state index in [4.69, 9.17) is 23.7 Å². The Hall–Kier alpha value is -5.57. The van der Waals surface area contributed by atoms with Crippen molar-refractivity contribution < 1.29 is 39.9 Å². The molecule has 0 bridgehead atoms. The van der Waals surface area contributed by atoms with Crippen LogP contribution in [0.1, 0.15) is 103 Å². The molecule has 8 aromatic rings. The average molecular weight is 978 g/mol. The van der Waals surface area contributed by atoms with Crippen molar-refractivity contribution >= 4 is 11.0 Å². The molecule has 5 heteroatoms. The number of phenols is 1. The molecular weight excluding hydrogens is 914 g/mol. The van der Waals surface area contributed by atoms with Crippen molar-refractivity contribution in [1.29, 1.82) is 0 Å². The van der Waals surface area contributed by atoms with Crippen LogP contribution in [0.3, 0.4) is 0 Å². The molecule has 0 radical (unpaired) electrons. The number of para-hydroxylation sites is 1. The summed E-state index contributed by atoms with van der Waals surface area (Å²) in [6.07, 6.45) is 1.65. The number of rotatable bonds is 7. The summed E-state index contributed by atoms with van der Waals surface area (Å²) in [6, 6.07) is 43.2. The van der Waals surface area contributed by atoms with E-state index in [0.29, 0.717) is 44.9 Å². The molecule has 0 fully saturated rings.